The molecule has 0 bridgehead atoms. The summed E-state index contributed by atoms with van der Waals surface area (Å²) < 4.78 is 0. The molecule has 1 amide bonds. The Morgan fingerprint density at radius 2 is 2.07 bits per heavy atom. The molecule has 1 aliphatic rings. The lowest BCUT2D eigenvalue weighted by Gasteiger charge is -2.35. The number of benzene rings is 1. The van der Waals surface area contributed by atoms with Crippen LogP contribution >= 0.6 is 0 Å². The molecule has 3 nitrogen and oxygen atoms in total. The van der Waals surface area contributed by atoms with Gasteiger partial charge in [-0.25, -0.2) is 0 Å². The highest BCUT2D eigenvalue weighted by molar-refractivity contribution is 5.98. The van der Waals surface area contributed by atoms with Gasteiger partial charge in [0.1, 0.15) is 0 Å². The maximum Gasteiger partial charge on any atom is 0.233 e. The van der Waals surface area contributed by atoms with Crippen LogP contribution in [0.2, 0.25) is 0 Å². The lowest BCUT2D eigenvalue weighted by atomic mass is 9.78. The first kappa shape index (κ1) is 10.2. The van der Waals surface area contributed by atoms with Gasteiger partial charge in [-0.05, 0) is 32.4 Å². The number of aliphatic hydroxyl groups excluding tert-OH is 1. The van der Waals surface area contributed by atoms with Gasteiger partial charge in [-0.3, -0.25) is 4.79 Å². The van der Waals surface area contributed by atoms with E-state index in [1.165, 1.54) is 0 Å². The van der Waals surface area contributed by atoms with Gasteiger partial charge in [0.05, 0.1) is 11.5 Å². The fourth-order valence-corrected chi connectivity index (χ4v) is 1.81. The molecular weight excluding hydrogens is 190 g/mol. The van der Waals surface area contributed by atoms with Gasteiger partial charge < -0.3 is 10.4 Å². The molecule has 0 unspecified atom stereocenters. The highest BCUT2D eigenvalue weighted by Gasteiger charge is 2.41. The van der Waals surface area contributed by atoms with Crippen LogP contribution in [0.3, 0.4) is 0 Å². The average Bonchev–Trinajstić information content (AvgIpc) is 2.15. The topological polar surface area (TPSA) is 49.3 Å². The van der Waals surface area contributed by atoms with Crippen LogP contribution in [0.15, 0.2) is 18.2 Å². The number of hydrogen-bond donors (Lipinski definition) is 2. The molecule has 80 valence electrons. The van der Waals surface area contributed by atoms with Crippen molar-refractivity contribution >= 4 is 11.6 Å². The van der Waals surface area contributed by atoms with Crippen molar-refractivity contribution in [2.75, 3.05) is 5.32 Å². The van der Waals surface area contributed by atoms with Crippen molar-refractivity contribution in [3.05, 3.63) is 29.3 Å². The largest absolute Gasteiger partial charge is 0.387 e. The molecule has 2 rings (SSSR count). The van der Waals surface area contributed by atoms with E-state index in [2.05, 4.69) is 5.32 Å². The SMILES string of the molecule is Cc1ccc2c(c1)NC(=O)C(C)(C)[C@H]2O. The lowest BCUT2D eigenvalue weighted by molar-refractivity contribution is -0.130. The number of anilines is 1. The van der Waals surface area contributed by atoms with E-state index in [0.29, 0.717) is 0 Å². The monoisotopic (exact) mass is 205 g/mol. The van der Waals surface area contributed by atoms with Crippen LogP contribution in [0.4, 0.5) is 5.69 Å². The van der Waals surface area contributed by atoms with E-state index in [1.54, 1.807) is 13.8 Å². The fraction of sp³-hybridized carbons (Fsp3) is 0.417. The molecule has 0 spiro atoms. The van der Waals surface area contributed by atoms with Crippen molar-refractivity contribution in [2.45, 2.75) is 26.9 Å². The standard InChI is InChI=1S/C12H15NO2/c1-7-4-5-8-9(6-7)13-11(15)12(2,3)10(8)14/h4-6,10,14H,1-3H3,(H,13,15)/t10-/m0/s1. The third-order valence-corrected chi connectivity index (χ3v) is 3.02. The van der Waals surface area contributed by atoms with Gasteiger partial charge in [-0.2, -0.15) is 0 Å². The summed E-state index contributed by atoms with van der Waals surface area (Å²) in [4.78, 5) is 11.7. The minimum Gasteiger partial charge on any atom is -0.387 e. The van der Waals surface area contributed by atoms with E-state index in [-0.39, 0.29) is 5.91 Å². The van der Waals surface area contributed by atoms with Gasteiger partial charge in [0.2, 0.25) is 5.91 Å². The first-order valence-electron chi connectivity index (χ1n) is 5.03. The van der Waals surface area contributed by atoms with Crippen molar-refractivity contribution in [1.82, 2.24) is 0 Å². The first-order chi connectivity index (χ1) is 6.93. The molecule has 0 aliphatic carbocycles. The Morgan fingerprint density at radius 1 is 1.40 bits per heavy atom. The Balaban J connectivity index is 2.55. The maximum absolute atomic E-state index is 11.7. The molecule has 2 N–H and O–H groups in total. The van der Waals surface area contributed by atoms with Gasteiger partial charge in [0.15, 0.2) is 0 Å². The summed E-state index contributed by atoms with van der Waals surface area (Å²) in [5, 5.41) is 12.9. The molecule has 1 heterocycles. The van der Waals surface area contributed by atoms with Crippen molar-refractivity contribution in [3.63, 3.8) is 0 Å². The van der Waals surface area contributed by atoms with Crippen LogP contribution < -0.4 is 5.32 Å². The van der Waals surface area contributed by atoms with Crippen molar-refractivity contribution < 1.29 is 9.90 Å². The summed E-state index contributed by atoms with van der Waals surface area (Å²) in [6, 6.07) is 5.69. The van der Waals surface area contributed by atoms with Gasteiger partial charge in [-0.15, -0.1) is 0 Å². The molecule has 0 fully saturated rings. The molecule has 1 aliphatic heterocycles. The van der Waals surface area contributed by atoms with E-state index in [1.807, 2.05) is 25.1 Å². The van der Waals surface area contributed by atoms with Crippen LogP contribution in [-0.4, -0.2) is 11.0 Å². The Kier molecular flexibility index (Phi) is 2.08. The van der Waals surface area contributed by atoms with Gasteiger partial charge in [0, 0.05) is 11.3 Å². The zero-order valence-electron chi connectivity index (χ0n) is 9.16. The molecular formula is C12H15NO2. The molecule has 0 aromatic heterocycles. The molecule has 1 aromatic carbocycles. The third kappa shape index (κ3) is 1.43. The minimum atomic E-state index is -0.762. The van der Waals surface area contributed by atoms with Gasteiger partial charge >= 0.3 is 0 Å². The first-order valence-corrected chi connectivity index (χ1v) is 5.03. The molecule has 0 saturated carbocycles. The number of nitrogens with one attached hydrogen (secondary N) is 1. The van der Waals surface area contributed by atoms with Crippen LogP contribution in [0.5, 0.6) is 0 Å². The number of aryl methyl sites for hydroxylation is 1. The van der Waals surface area contributed by atoms with Crippen molar-refractivity contribution in [1.29, 1.82) is 0 Å². The van der Waals surface area contributed by atoms with Crippen LogP contribution in [0.1, 0.15) is 31.1 Å². The summed E-state index contributed by atoms with van der Waals surface area (Å²) in [5.41, 5.74) is 1.83. The summed E-state index contributed by atoms with van der Waals surface area (Å²) in [5.74, 6) is -0.131. The number of fused-ring (bicyclic) bond motifs is 1. The summed E-state index contributed by atoms with van der Waals surface area (Å²) in [6.45, 7) is 5.45. The zero-order valence-corrected chi connectivity index (χ0v) is 9.16. The predicted molar refractivity (Wildman–Crippen MR) is 58.5 cm³/mol. The number of rotatable bonds is 0. The van der Waals surface area contributed by atoms with Crippen LogP contribution in [-0.2, 0) is 4.79 Å². The molecule has 1 atom stereocenters. The maximum atomic E-state index is 11.7. The van der Waals surface area contributed by atoms with Gasteiger partial charge in [0.25, 0.3) is 0 Å². The highest BCUT2D eigenvalue weighted by atomic mass is 16.3. The van der Waals surface area contributed by atoms with E-state index >= 15 is 0 Å². The Hall–Kier alpha value is -1.35. The predicted octanol–water partition coefficient (Wildman–Crippen LogP) is 2.01. The van der Waals surface area contributed by atoms with Crippen LogP contribution in [0, 0.1) is 12.3 Å². The van der Waals surface area contributed by atoms with Gasteiger partial charge in [-0.1, -0.05) is 12.1 Å². The van der Waals surface area contributed by atoms with Crippen LogP contribution in [0.25, 0.3) is 0 Å². The lowest BCUT2D eigenvalue weighted by Crippen LogP contribution is -2.40. The highest BCUT2D eigenvalue weighted by Crippen LogP contribution is 2.41. The molecule has 0 saturated heterocycles. The summed E-state index contributed by atoms with van der Waals surface area (Å²) in [6.07, 6.45) is -0.734. The Morgan fingerprint density at radius 3 is 2.73 bits per heavy atom. The molecule has 0 radical (unpaired) electrons. The number of carbonyl (C=O) groups excluding carboxylic acids is 1. The number of amides is 1. The van der Waals surface area contributed by atoms with E-state index in [9.17, 15) is 9.90 Å². The quantitative estimate of drug-likeness (QED) is 0.680. The van der Waals surface area contributed by atoms with Crippen molar-refractivity contribution in [2.24, 2.45) is 5.41 Å². The molecule has 1 aromatic rings. The zero-order chi connectivity index (χ0) is 11.2. The summed E-state index contributed by atoms with van der Waals surface area (Å²) >= 11 is 0. The van der Waals surface area contributed by atoms with E-state index < -0.39 is 11.5 Å². The van der Waals surface area contributed by atoms with Crippen molar-refractivity contribution in [3.8, 4) is 0 Å². The third-order valence-electron chi connectivity index (χ3n) is 3.02. The second-order valence-corrected chi connectivity index (χ2v) is 4.67. The smallest absolute Gasteiger partial charge is 0.233 e. The molecule has 3 heteroatoms. The second-order valence-electron chi connectivity index (χ2n) is 4.67. The summed E-state index contributed by atoms with van der Waals surface area (Å²) in [7, 11) is 0. The van der Waals surface area contributed by atoms with E-state index in [0.717, 1.165) is 16.8 Å². The Labute approximate surface area is 89.1 Å². The van der Waals surface area contributed by atoms with E-state index in [4.69, 9.17) is 0 Å². The normalized spacial score (nSPS) is 23.2. The number of aliphatic hydroxyl groups is 1. The number of carbonyl (C=O) groups is 1. The number of hydrogen-bond acceptors (Lipinski definition) is 2. The molecule has 15 heavy (non-hydrogen) atoms. The second kappa shape index (κ2) is 3.07. The average molecular weight is 205 g/mol. The minimum absolute atomic E-state index is 0.131. The fourth-order valence-electron chi connectivity index (χ4n) is 1.81. The Bertz CT molecular complexity index is 424.